The van der Waals surface area contributed by atoms with Gasteiger partial charge in [0.1, 0.15) is 12.4 Å². The maximum atomic E-state index is 14.5. The molecule has 0 saturated carbocycles. The van der Waals surface area contributed by atoms with Crippen LogP contribution >= 0.6 is 23.2 Å². The second kappa shape index (κ2) is 12.2. The molecular formula is C30H20Cl2F5N3O3. The van der Waals surface area contributed by atoms with E-state index in [0.29, 0.717) is 21.9 Å². The molecule has 0 fully saturated rings. The molecule has 5 rings (SSSR count). The highest BCUT2D eigenvalue weighted by Crippen LogP contribution is 2.50. The number of fused-ring (bicyclic) bond motifs is 1. The minimum atomic E-state index is -4.97. The summed E-state index contributed by atoms with van der Waals surface area (Å²) in [5.41, 5.74) is -2.63. The van der Waals surface area contributed by atoms with Gasteiger partial charge in [0.25, 0.3) is 11.5 Å². The lowest BCUT2D eigenvalue weighted by Gasteiger charge is -2.29. The zero-order valence-electron chi connectivity index (χ0n) is 21.9. The summed E-state index contributed by atoms with van der Waals surface area (Å²) in [5, 5.41) is 9.86. The molecule has 1 amide bonds. The van der Waals surface area contributed by atoms with Gasteiger partial charge in [0.2, 0.25) is 0 Å². The molecule has 43 heavy (non-hydrogen) atoms. The van der Waals surface area contributed by atoms with Crippen molar-refractivity contribution in [1.29, 1.82) is 0 Å². The topological polar surface area (TPSA) is 72.3 Å². The largest absolute Gasteiger partial charge is 0.435 e. The number of hydrogen-bond donors (Lipinski definition) is 1. The van der Waals surface area contributed by atoms with E-state index >= 15 is 0 Å². The lowest BCUT2D eigenvalue weighted by atomic mass is 9.85. The lowest BCUT2D eigenvalue weighted by Crippen LogP contribution is -2.42. The monoisotopic (exact) mass is 635 g/mol. The second-order valence-electron chi connectivity index (χ2n) is 9.45. The predicted molar refractivity (Wildman–Crippen MR) is 152 cm³/mol. The van der Waals surface area contributed by atoms with E-state index in [1.54, 1.807) is 42.5 Å². The summed E-state index contributed by atoms with van der Waals surface area (Å²) in [5.74, 6) is -1.96. The maximum Gasteiger partial charge on any atom is 0.435 e. The van der Waals surface area contributed by atoms with E-state index < -0.39 is 51.3 Å². The molecule has 13 heteroatoms. The molecule has 1 heterocycles. The fourth-order valence-corrected chi connectivity index (χ4v) is 5.12. The van der Waals surface area contributed by atoms with Crippen molar-refractivity contribution in [2.24, 2.45) is 10.3 Å². The molecule has 0 spiro atoms. The van der Waals surface area contributed by atoms with Crippen molar-refractivity contribution in [3.05, 3.63) is 117 Å². The van der Waals surface area contributed by atoms with Crippen molar-refractivity contribution in [3.63, 3.8) is 0 Å². The first-order chi connectivity index (χ1) is 20.5. The maximum absolute atomic E-state index is 14.5. The van der Waals surface area contributed by atoms with Crippen LogP contribution in [0.5, 0.6) is 0 Å². The minimum absolute atomic E-state index is 0.0103. The Morgan fingerprint density at radius 3 is 2.40 bits per heavy atom. The fraction of sp³-hybridized carbons (Fsp3) is 0.167. The molecule has 0 radical (unpaired) electrons. The SMILES string of the molecule is O=C(NCC=NOCc1ccccc1F)c1ccc(C2=NOC(c3cc(Cl)c(F)c(Cl)c3)(C(F)(F)F)C2)c2ccccc12. The van der Waals surface area contributed by atoms with E-state index in [9.17, 15) is 26.7 Å². The van der Waals surface area contributed by atoms with Crippen LogP contribution in [0.1, 0.15) is 33.5 Å². The average molecular weight is 636 g/mol. The number of nitrogens with one attached hydrogen (secondary N) is 1. The molecule has 1 unspecified atom stereocenters. The van der Waals surface area contributed by atoms with Crippen LogP contribution in [0.4, 0.5) is 22.0 Å². The van der Waals surface area contributed by atoms with Gasteiger partial charge in [-0.15, -0.1) is 0 Å². The number of oxime groups is 2. The predicted octanol–water partition coefficient (Wildman–Crippen LogP) is 7.94. The van der Waals surface area contributed by atoms with Gasteiger partial charge in [0.05, 0.1) is 28.5 Å². The van der Waals surface area contributed by atoms with Crippen molar-refractivity contribution in [2.45, 2.75) is 24.8 Å². The van der Waals surface area contributed by atoms with Crippen molar-refractivity contribution in [1.82, 2.24) is 5.32 Å². The Labute approximate surface area is 251 Å². The van der Waals surface area contributed by atoms with Crippen LogP contribution in [0.25, 0.3) is 10.8 Å². The highest BCUT2D eigenvalue weighted by Gasteiger charge is 2.62. The number of amides is 1. The van der Waals surface area contributed by atoms with Crippen LogP contribution in [0.15, 0.2) is 83.1 Å². The van der Waals surface area contributed by atoms with E-state index in [1.807, 2.05) is 0 Å². The summed E-state index contributed by atoms with van der Waals surface area (Å²) in [7, 11) is 0. The van der Waals surface area contributed by atoms with Gasteiger partial charge in [-0.05, 0) is 35.0 Å². The number of carbonyl (C=O) groups excluding carboxylic acids is 1. The van der Waals surface area contributed by atoms with Crippen LogP contribution in [-0.2, 0) is 21.9 Å². The quantitative estimate of drug-likeness (QED) is 0.0924. The van der Waals surface area contributed by atoms with Crippen molar-refractivity contribution in [3.8, 4) is 0 Å². The number of benzene rings is 4. The Morgan fingerprint density at radius 2 is 1.70 bits per heavy atom. The van der Waals surface area contributed by atoms with Crippen LogP contribution in [0.3, 0.4) is 0 Å². The van der Waals surface area contributed by atoms with Crippen LogP contribution in [0.2, 0.25) is 10.0 Å². The molecule has 1 N–H and O–H groups in total. The Morgan fingerprint density at radius 1 is 1.02 bits per heavy atom. The normalized spacial score (nSPS) is 16.8. The van der Waals surface area contributed by atoms with Gasteiger partial charge in [0.15, 0.2) is 5.82 Å². The van der Waals surface area contributed by atoms with Crippen LogP contribution in [0, 0.1) is 11.6 Å². The van der Waals surface area contributed by atoms with Crippen LogP contribution < -0.4 is 5.32 Å². The summed E-state index contributed by atoms with van der Waals surface area (Å²) in [6.07, 6.45) is -4.43. The summed E-state index contributed by atoms with van der Waals surface area (Å²) >= 11 is 11.6. The van der Waals surface area contributed by atoms with Gasteiger partial charge < -0.3 is 15.0 Å². The van der Waals surface area contributed by atoms with Gasteiger partial charge in [-0.3, -0.25) is 4.79 Å². The van der Waals surface area contributed by atoms with E-state index in [-0.39, 0.29) is 24.4 Å². The number of carbonyl (C=O) groups is 1. The Balaban J connectivity index is 1.34. The number of hydrogen-bond acceptors (Lipinski definition) is 5. The summed E-state index contributed by atoms with van der Waals surface area (Å²) in [4.78, 5) is 23.1. The number of nitrogens with zero attached hydrogens (tertiary/aromatic N) is 2. The minimum Gasteiger partial charge on any atom is -0.391 e. The van der Waals surface area contributed by atoms with Gasteiger partial charge in [-0.1, -0.05) is 82.0 Å². The molecule has 6 nitrogen and oxygen atoms in total. The smallest absolute Gasteiger partial charge is 0.391 e. The summed E-state index contributed by atoms with van der Waals surface area (Å²) in [6.45, 7) is -0.0999. The molecule has 1 atom stereocenters. The second-order valence-corrected chi connectivity index (χ2v) is 10.3. The van der Waals surface area contributed by atoms with Gasteiger partial charge in [0, 0.05) is 28.7 Å². The summed E-state index contributed by atoms with van der Waals surface area (Å²) < 4.78 is 71.0. The van der Waals surface area contributed by atoms with E-state index in [2.05, 4.69) is 15.6 Å². The first-order valence-corrected chi connectivity index (χ1v) is 13.4. The zero-order valence-corrected chi connectivity index (χ0v) is 23.4. The van der Waals surface area contributed by atoms with E-state index in [0.717, 1.165) is 12.1 Å². The Kier molecular flexibility index (Phi) is 8.57. The number of rotatable bonds is 8. The standard InChI is InChI=1S/C30H20Cl2F5N3O3/c31-23-13-18(14-24(32)27(23)34)29(30(35,36)37)15-26(40-43-29)21-9-10-22(20-7-3-2-6-19(20)21)28(41)38-11-12-39-42-16-17-5-1-4-8-25(17)33/h1-10,12-14H,11,15-16H2,(H,38,41). The van der Waals surface area contributed by atoms with Gasteiger partial charge in [-0.25, -0.2) is 8.78 Å². The summed E-state index contributed by atoms with van der Waals surface area (Å²) in [6, 6.07) is 17.3. The Bertz CT molecular complexity index is 1740. The van der Waals surface area contributed by atoms with E-state index in [1.165, 1.54) is 24.4 Å². The molecular weight excluding hydrogens is 616 g/mol. The molecule has 4 aromatic carbocycles. The fourth-order valence-electron chi connectivity index (χ4n) is 4.63. The van der Waals surface area contributed by atoms with E-state index in [4.69, 9.17) is 32.9 Å². The molecule has 1 aliphatic heterocycles. The first kappa shape index (κ1) is 30.2. The van der Waals surface area contributed by atoms with Gasteiger partial charge >= 0.3 is 6.18 Å². The third kappa shape index (κ3) is 6.00. The molecule has 4 aromatic rings. The molecule has 0 aliphatic carbocycles. The third-order valence-electron chi connectivity index (χ3n) is 6.80. The van der Waals surface area contributed by atoms with Crippen molar-refractivity contribution >= 4 is 51.8 Å². The zero-order chi connectivity index (χ0) is 30.8. The molecule has 0 saturated heterocycles. The number of alkyl halides is 3. The van der Waals surface area contributed by atoms with Crippen molar-refractivity contribution < 1.29 is 36.4 Å². The first-order valence-electron chi connectivity index (χ1n) is 12.7. The molecule has 1 aliphatic rings. The Hall–Kier alpha value is -4.22. The third-order valence-corrected chi connectivity index (χ3v) is 7.35. The van der Waals surface area contributed by atoms with Gasteiger partial charge in [-0.2, -0.15) is 13.2 Å². The molecule has 222 valence electrons. The van der Waals surface area contributed by atoms with Crippen LogP contribution in [-0.4, -0.2) is 30.6 Å². The molecule has 0 aromatic heterocycles. The van der Waals surface area contributed by atoms with Crippen molar-refractivity contribution in [2.75, 3.05) is 6.54 Å². The average Bonchev–Trinajstić information content (AvgIpc) is 3.44. The highest BCUT2D eigenvalue weighted by molar-refractivity contribution is 6.35. The highest BCUT2D eigenvalue weighted by atomic mass is 35.5. The lowest BCUT2D eigenvalue weighted by molar-refractivity contribution is -0.275. The number of halogens is 7. The molecule has 0 bridgehead atoms.